The number of nitrogens with zero attached hydrogens (tertiary/aromatic N) is 3. The number of amides is 3. The zero-order valence-electron chi connectivity index (χ0n) is 22.4. The molecule has 0 saturated carbocycles. The van der Waals surface area contributed by atoms with Gasteiger partial charge in [0, 0.05) is 37.0 Å². The predicted octanol–water partition coefficient (Wildman–Crippen LogP) is 4.77. The van der Waals surface area contributed by atoms with Gasteiger partial charge in [-0.3, -0.25) is 24.1 Å². The summed E-state index contributed by atoms with van der Waals surface area (Å²) >= 11 is 6.07. The topological polar surface area (TPSA) is 90.0 Å². The van der Waals surface area contributed by atoms with Gasteiger partial charge in [-0.1, -0.05) is 42.8 Å². The van der Waals surface area contributed by atoms with Crippen LogP contribution >= 0.6 is 11.6 Å². The number of carbonyl (C=O) groups is 4. The molecule has 39 heavy (non-hydrogen) atoms. The lowest BCUT2D eigenvalue weighted by Crippen LogP contribution is -2.58. The third-order valence-corrected chi connectivity index (χ3v) is 7.39. The van der Waals surface area contributed by atoms with E-state index in [9.17, 15) is 19.2 Å². The third-order valence-electron chi connectivity index (χ3n) is 7.14. The van der Waals surface area contributed by atoms with Gasteiger partial charge in [-0.15, -0.1) is 0 Å². The number of hydrogen-bond donors (Lipinski definition) is 1. The van der Waals surface area contributed by atoms with Crippen molar-refractivity contribution in [2.75, 3.05) is 35.8 Å². The molecule has 1 aliphatic rings. The van der Waals surface area contributed by atoms with Crippen LogP contribution in [0.4, 0.5) is 17.1 Å². The Morgan fingerprint density at radius 2 is 1.59 bits per heavy atom. The molecule has 0 spiro atoms. The standard InChI is InChI=1S/C30H31ClN4O4/c1-5-30(2,29(39)32-22-14-16-23(17-15-22)33(3)4)35(18-20-10-12-21(31)13-11-20)26(36)19-34-25-9-7-6-8-24(25)27(37)28(34)38/h6-17H,5,18-19H2,1-4H3,(H,32,39). The van der Waals surface area contributed by atoms with E-state index in [0.717, 1.165) is 11.3 Å². The zero-order valence-corrected chi connectivity index (χ0v) is 23.2. The number of hydrogen-bond acceptors (Lipinski definition) is 5. The molecule has 1 N–H and O–H groups in total. The molecule has 1 heterocycles. The molecule has 4 rings (SSSR count). The van der Waals surface area contributed by atoms with Crippen molar-refractivity contribution in [1.82, 2.24) is 4.90 Å². The minimum Gasteiger partial charge on any atom is -0.378 e. The van der Waals surface area contributed by atoms with Gasteiger partial charge in [0.25, 0.3) is 11.7 Å². The average molecular weight is 547 g/mol. The van der Waals surface area contributed by atoms with Crippen LogP contribution < -0.4 is 15.1 Å². The van der Waals surface area contributed by atoms with Gasteiger partial charge in [0.2, 0.25) is 11.8 Å². The molecule has 3 aromatic carbocycles. The van der Waals surface area contributed by atoms with E-state index in [1.165, 1.54) is 9.80 Å². The quantitative estimate of drug-likeness (QED) is 0.390. The van der Waals surface area contributed by atoms with Crippen molar-refractivity contribution in [1.29, 1.82) is 0 Å². The number of halogens is 1. The first-order valence-corrected chi connectivity index (χ1v) is 13.0. The number of fused-ring (bicyclic) bond motifs is 1. The summed E-state index contributed by atoms with van der Waals surface area (Å²) in [6, 6.07) is 21.0. The predicted molar refractivity (Wildman–Crippen MR) is 153 cm³/mol. The Kier molecular flexibility index (Phi) is 8.06. The minimum atomic E-state index is -1.27. The SMILES string of the molecule is CCC(C)(C(=O)Nc1ccc(N(C)C)cc1)N(Cc1ccc(Cl)cc1)C(=O)CN1C(=O)C(=O)c2ccccc21. The van der Waals surface area contributed by atoms with E-state index in [2.05, 4.69) is 5.32 Å². The molecule has 1 unspecified atom stereocenters. The van der Waals surface area contributed by atoms with Crippen LogP contribution in [0.5, 0.6) is 0 Å². The van der Waals surface area contributed by atoms with Gasteiger partial charge in [0.15, 0.2) is 0 Å². The smallest absolute Gasteiger partial charge is 0.299 e. The molecule has 0 saturated heterocycles. The van der Waals surface area contributed by atoms with Gasteiger partial charge in [-0.05, 0) is 67.4 Å². The number of ketones is 1. The first-order chi connectivity index (χ1) is 18.5. The number of nitrogens with one attached hydrogen (secondary N) is 1. The summed E-state index contributed by atoms with van der Waals surface area (Å²) in [5.41, 5.74) is 1.71. The maximum absolute atomic E-state index is 13.9. The van der Waals surface area contributed by atoms with E-state index in [-0.39, 0.29) is 24.6 Å². The number of para-hydroxylation sites is 1. The highest BCUT2D eigenvalue weighted by Gasteiger charge is 2.43. The summed E-state index contributed by atoms with van der Waals surface area (Å²) in [5.74, 6) is -2.25. The number of benzene rings is 3. The fourth-order valence-corrected chi connectivity index (χ4v) is 4.64. The Morgan fingerprint density at radius 1 is 0.949 bits per heavy atom. The normalized spacial score (nSPS) is 14.0. The van der Waals surface area contributed by atoms with E-state index >= 15 is 0 Å². The van der Waals surface area contributed by atoms with E-state index < -0.39 is 23.1 Å². The Bertz CT molecular complexity index is 1410. The lowest BCUT2D eigenvalue weighted by atomic mass is 9.93. The van der Waals surface area contributed by atoms with E-state index in [1.807, 2.05) is 38.1 Å². The van der Waals surface area contributed by atoms with Crippen LogP contribution in [0.25, 0.3) is 0 Å². The summed E-state index contributed by atoms with van der Waals surface area (Å²) in [6.07, 6.45) is 0.303. The average Bonchev–Trinajstić information content (AvgIpc) is 3.17. The molecule has 3 aromatic rings. The van der Waals surface area contributed by atoms with Crippen LogP contribution in [0.3, 0.4) is 0 Å². The molecular formula is C30H31ClN4O4. The highest BCUT2D eigenvalue weighted by molar-refractivity contribution is 6.52. The maximum Gasteiger partial charge on any atom is 0.299 e. The molecule has 9 heteroatoms. The van der Waals surface area contributed by atoms with Crippen molar-refractivity contribution in [3.63, 3.8) is 0 Å². The molecule has 0 aromatic heterocycles. The summed E-state index contributed by atoms with van der Waals surface area (Å²) in [4.78, 5) is 57.6. The zero-order chi connectivity index (χ0) is 28.3. The summed E-state index contributed by atoms with van der Waals surface area (Å²) in [7, 11) is 3.86. The molecule has 0 bridgehead atoms. The van der Waals surface area contributed by atoms with Crippen LogP contribution in [0, 0.1) is 0 Å². The second-order valence-corrected chi connectivity index (χ2v) is 10.3. The number of carbonyl (C=O) groups excluding carboxylic acids is 4. The maximum atomic E-state index is 13.9. The van der Waals surface area contributed by atoms with E-state index in [1.54, 1.807) is 67.6 Å². The highest BCUT2D eigenvalue weighted by Crippen LogP contribution is 2.31. The van der Waals surface area contributed by atoms with Crippen LogP contribution in [0.15, 0.2) is 72.8 Å². The van der Waals surface area contributed by atoms with Crippen LogP contribution in [0.1, 0.15) is 36.2 Å². The van der Waals surface area contributed by atoms with E-state index in [0.29, 0.717) is 22.8 Å². The van der Waals surface area contributed by atoms with Crippen molar-refractivity contribution in [2.45, 2.75) is 32.4 Å². The lowest BCUT2D eigenvalue weighted by molar-refractivity contribution is -0.145. The van der Waals surface area contributed by atoms with E-state index in [4.69, 9.17) is 11.6 Å². The van der Waals surface area contributed by atoms with Crippen molar-refractivity contribution < 1.29 is 19.2 Å². The van der Waals surface area contributed by atoms with Gasteiger partial charge in [-0.25, -0.2) is 0 Å². The van der Waals surface area contributed by atoms with Gasteiger partial charge in [-0.2, -0.15) is 0 Å². The Labute approximate surface area is 233 Å². The van der Waals surface area contributed by atoms with Crippen molar-refractivity contribution in [2.24, 2.45) is 0 Å². The summed E-state index contributed by atoms with van der Waals surface area (Å²) < 4.78 is 0. The number of rotatable bonds is 9. The Hall–Kier alpha value is -4.17. The molecule has 0 fully saturated rings. The molecule has 202 valence electrons. The molecule has 1 atom stereocenters. The van der Waals surface area contributed by atoms with Crippen molar-refractivity contribution >= 4 is 52.2 Å². The minimum absolute atomic E-state index is 0.102. The molecule has 8 nitrogen and oxygen atoms in total. The van der Waals surface area contributed by atoms with Crippen molar-refractivity contribution in [3.8, 4) is 0 Å². The third kappa shape index (κ3) is 5.66. The fourth-order valence-electron chi connectivity index (χ4n) is 4.52. The van der Waals surface area contributed by atoms with Gasteiger partial charge in [0.1, 0.15) is 12.1 Å². The second kappa shape index (κ2) is 11.3. The molecule has 1 aliphatic heterocycles. The van der Waals surface area contributed by atoms with Gasteiger partial charge in [0.05, 0.1) is 11.3 Å². The van der Waals surface area contributed by atoms with Crippen LogP contribution in [-0.4, -0.2) is 54.6 Å². The van der Waals surface area contributed by atoms with Crippen LogP contribution in [-0.2, 0) is 20.9 Å². The number of Topliss-reactive ketones (excluding diaryl/α,β-unsaturated/α-hetero) is 1. The first kappa shape index (κ1) is 27.9. The Morgan fingerprint density at radius 3 is 2.21 bits per heavy atom. The van der Waals surface area contributed by atoms with Crippen LogP contribution in [0.2, 0.25) is 5.02 Å². The second-order valence-electron chi connectivity index (χ2n) is 9.87. The first-order valence-electron chi connectivity index (χ1n) is 12.6. The molecule has 0 aliphatic carbocycles. The van der Waals surface area contributed by atoms with Gasteiger partial charge >= 0.3 is 0 Å². The molecule has 3 amide bonds. The monoisotopic (exact) mass is 546 g/mol. The lowest BCUT2D eigenvalue weighted by Gasteiger charge is -2.40. The highest BCUT2D eigenvalue weighted by atomic mass is 35.5. The molecule has 0 radical (unpaired) electrons. The largest absolute Gasteiger partial charge is 0.378 e. The Balaban J connectivity index is 1.65. The molecular weight excluding hydrogens is 516 g/mol. The van der Waals surface area contributed by atoms with Crippen molar-refractivity contribution in [3.05, 3.63) is 88.9 Å². The number of anilines is 3. The summed E-state index contributed by atoms with van der Waals surface area (Å²) in [5, 5.41) is 3.50. The fraction of sp³-hybridized carbons (Fsp3) is 0.267. The van der Waals surface area contributed by atoms with Gasteiger partial charge < -0.3 is 15.1 Å². The summed E-state index contributed by atoms with van der Waals surface area (Å²) in [6.45, 7) is 3.26.